The highest BCUT2D eigenvalue weighted by atomic mass is 35.5. The highest BCUT2D eigenvalue weighted by Crippen LogP contribution is 2.19. The van der Waals surface area contributed by atoms with Crippen LogP contribution in [0, 0.1) is 0 Å². The lowest BCUT2D eigenvalue weighted by atomic mass is 10.2. The summed E-state index contributed by atoms with van der Waals surface area (Å²) in [6, 6.07) is 11.0. The molecule has 0 fully saturated rings. The van der Waals surface area contributed by atoms with Crippen LogP contribution in [0.15, 0.2) is 41.5 Å². The molecule has 0 bridgehead atoms. The van der Waals surface area contributed by atoms with Gasteiger partial charge in [-0.1, -0.05) is 17.7 Å². The molecule has 1 amide bonds. The molecule has 20 heavy (non-hydrogen) atoms. The fraction of sp³-hybridized carbons (Fsp3) is 0.143. The predicted molar refractivity (Wildman–Crippen MR) is 85.2 cm³/mol. The molecule has 1 aromatic carbocycles. The summed E-state index contributed by atoms with van der Waals surface area (Å²) < 4.78 is 0.691. The second kappa shape index (κ2) is 6.54. The molecule has 2 rings (SSSR count). The van der Waals surface area contributed by atoms with Crippen molar-refractivity contribution in [2.45, 2.75) is 0 Å². The molecule has 0 saturated carbocycles. The van der Waals surface area contributed by atoms with Gasteiger partial charge >= 0.3 is 0 Å². The summed E-state index contributed by atoms with van der Waals surface area (Å²) >= 11 is 7.21. The monoisotopic (exact) mass is 307 g/mol. The number of nitrogens with one attached hydrogen (secondary N) is 1. The van der Waals surface area contributed by atoms with E-state index in [1.165, 1.54) is 11.3 Å². The van der Waals surface area contributed by atoms with Crippen LogP contribution in [-0.2, 0) is 0 Å². The lowest BCUT2D eigenvalue weighted by Crippen LogP contribution is -2.18. The van der Waals surface area contributed by atoms with Gasteiger partial charge in [0.05, 0.1) is 10.6 Å². The Morgan fingerprint density at radius 2 is 2.15 bits per heavy atom. The SMILES string of the molecule is CN(C)c1cccc(C(=O)NN=Cc2ccc(Cl)s2)c1. The predicted octanol–water partition coefficient (Wildman–Crippen LogP) is 3.23. The molecule has 0 aliphatic rings. The van der Waals surface area contributed by atoms with Crippen molar-refractivity contribution in [3.8, 4) is 0 Å². The number of anilines is 1. The number of thiophene rings is 1. The number of halogens is 1. The minimum Gasteiger partial charge on any atom is -0.378 e. The molecule has 0 unspecified atom stereocenters. The standard InChI is InChI=1S/C14H14ClN3OS/c1-18(2)11-5-3-4-10(8-11)14(19)17-16-9-12-6-7-13(15)20-12/h3-9H,1-2H3,(H,17,19). The first-order valence-corrected chi connectivity index (χ1v) is 7.12. The van der Waals surface area contributed by atoms with Crippen molar-refractivity contribution < 1.29 is 4.79 Å². The van der Waals surface area contributed by atoms with Gasteiger partial charge in [-0.05, 0) is 30.3 Å². The molecular formula is C14H14ClN3OS. The first-order valence-electron chi connectivity index (χ1n) is 5.92. The van der Waals surface area contributed by atoms with Crippen molar-refractivity contribution in [1.29, 1.82) is 0 Å². The van der Waals surface area contributed by atoms with E-state index >= 15 is 0 Å². The van der Waals surface area contributed by atoms with Crippen LogP contribution < -0.4 is 10.3 Å². The zero-order chi connectivity index (χ0) is 14.5. The number of hydrazone groups is 1. The average molecular weight is 308 g/mol. The smallest absolute Gasteiger partial charge is 0.271 e. The van der Waals surface area contributed by atoms with Crippen LogP contribution >= 0.6 is 22.9 Å². The minimum atomic E-state index is -0.243. The summed E-state index contributed by atoms with van der Waals surface area (Å²) in [7, 11) is 3.85. The van der Waals surface area contributed by atoms with E-state index in [1.807, 2.05) is 43.3 Å². The molecular weight excluding hydrogens is 294 g/mol. The van der Waals surface area contributed by atoms with Crippen LogP contribution in [0.1, 0.15) is 15.2 Å². The van der Waals surface area contributed by atoms with Gasteiger partial charge in [-0.2, -0.15) is 5.10 Å². The zero-order valence-corrected chi connectivity index (χ0v) is 12.7. The largest absolute Gasteiger partial charge is 0.378 e. The van der Waals surface area contributed by atoms with Crippen molar-refractivity contribution >= 4 is 40.7 Å². The molecule has 0 aliphatic carbocycles. The Morgan fingerprint density at radius 1 is 1.35 bits per heavy atom. The van der Waals surface area contributed by atoms with E-state index in [0.29, 0.717) is 9.90 Å². The van der Waals surface area contributed by atoms with E-state index in [9.17, 15) is 4.79 Å². The maximum atomic E-state index is 11.9. The average Bonchev–Trinajstić information content (AvgIpc) is 2.84. The van der Waals surface area contributed by atoms with E-state index < -0.39 is 0 Å². The molecule has 1 heterocycles. The van der Waals surface area contributed by atoms with Gasteiger partial charge in [0.25, 0.3) is 5.91 Å². The van der Waals surface area contributed by atoms with E-state index in [-0.39, 0.29) is 5.91 Å². The fourth-order valence-corrected chi connectivity index (χ4v) is 2.48. The van der Waals surface area contributed by atoms with Gasteiger partial charge in [0, 0.05) is 30.2 Å². The summed E-state index contributed by atoms with van der Waals surface area (Å²) in [6.07, 6.45) is 1.57. The number of nitrogens with zero attached hydrogens (tertiary/aromatic N) is 2. The lowest BCUT2D eigenvalue weighted by molar-refractivity contribution is 0.0955. The van der Waals surface area contributed by atoms with Crippen LogP contribution in [0.4, 0.5) is 5.69 Å². The van der Waals surface area contributed by atoms with Crippen molar-refractivity contribution in [2.75, 3.05) is 19.0 Å². The van der Waals surface area contributed by atoms with Gasteiger partial charge in [-0.25, -0.2) is 5.43 Å². The van der Waals surface area contributed by atoms with E-state index in [2.05, 4.69) is 10.5 Å². The van der Waals surface area contributed by atoms with Crippen LogP contribution in [-0.4, -0.2) is 26.2 Å². The number of hydrogen-bond acceptors (Lipinski definition) is 4. The third-order valence-corrected chi connectivity index (χ3v) is 3.74. The van der Waals surface area contributed by atoms with E-state index in [0.717, 1.165) is 10.6 Å². The topological polar surface area (TPSA) is 44.7 Å². The maximum absolute atomic E-state index is 11.9. The molecule has 0 atom stereocenters. The summed E-state index contributed by atoms with van der Waals surface area (Å²) in [5.74, 6) is -0.243. The fourth-order valence-electron chi connectivity index (χ4n) is 1.54. The van der Waals surface area contributed by atoms with Crippen molar-refractivity contribution in [2.24, 2.45) is 5.10 Å². The third-order valence-electron chi connectivity index (χ3n) is 2.58. The Labute approximate surface area is 126 Å². The molecule has 4 nitrogen and oxygen atoms in total. The number of amides is 1. The molecule has 2 aromatic rings. The molecule has 0 radical (unpaired) electrons. The summed E-state index contributed by atoms with van der Waals surface area (Å²) in [5.41, 5.74) is 4.03. The Hall–Kier alpha value is -1.85. The van der Waals surface area contributed by atoms with Gasteiger partial charge in [0.2, 0.25) is 0 Å². The highest BCUT2D eigenvalue weighted by molar-refractivity contribution is 7.17. The second-order valence-corrected chi connectivity index (χ2v) is 6.03. The molecule has 0 aliphatic heterocycles. The Kier molecular flexibility index (Phi) is 4.76. The quantitative estimate of drug-likeness (QED) is 0.696. The Bertz CT molecular complexity index is 637. The van der Waals surface area contributed by atoms with Crippen molar-refractivity contribution in [3.05, 3.63) is 51.2 Å². The third kappa shape index (κ3) is 3.82. The van der Waals surface area contributed by atoms with Crippen molar-refractivity contribution in [1.82, 2.24) is 5.43 Å². The number of benzene rings is 1. The molecule has 104 valence electrons. The van der Waals surface area contributed by atoms with Gasteiger partial charge in [-0.15, -0.1) is 11.3 Å². The minimum absolute atomic E-state index is 0.243. The normalized spacial score (nSPS) is 10.8. The number of carbonyl (C=O) groups is 1. The van der Waals surface area contributed by atoms with Crippen LogP contribution in [0.5, 0.6) is 0 Å². The van der Waals surface area contributed by atoms with Crippen LogP contribution in [0.2, 0.25) is 4.34 Å². The summed E-state index contributed by atoms with van der Waals surface area (Å²) in [6.45, 7) is 0. The maximum Gasteiger partial charge on any atom is 0.271 e. The number of carbonyl (C=O) groups excluding carboxylic acids is 1. The molecule has 1 N–H and O–H groups in total. The first kappa shape index (κ1) is 14.6. The summed E-state index contributed by atoms with van der Waals surface area (Å²) in [5, 5.41) is 3.92. The molecule has 1 aromatic heterocycles. The van der Waals surface area contributed by atoms with E-state index in [1.54, 1.807) is 18.3 Å². The van der Waals surface area contributed by atoms with Gasteiger partial charge in [-0.3, -0.25) is 4.79 Å². The first-order chi connectivity index (χ1) is 9.56. The number of rotatable bonds is 4. The van der Waals surface area contributed by atoms with Crippen molar-refractivity contribution in [3.63, 3.8) is 0 Å². The Morgan fingerprint density at radius 3 is 2.80 bits per heavy atom. The van der Waals surface area contributed by atoms with E-state index in [4.69, 9.17) is 11.6 Å². The molecule has 0 spiro atoms. The second-order valence-electron chi connectivity index (χ2n) is 4.29. The van der Waals surface area contributed by atoms with Gasteiger partial charge < -0.3 is 4.90 Å². The lowest BCUT2D eigenvalue weighted by Gasteiger charge is -2.12. The van der Waals surface area contributed by atoms with Gasteiger partial charge in [0.1, 0.15) is 0 Å². The van der Waals surface area contributed by atoms with Gasteiger partial charge in [0.15, 0.2) is 0 Å². The van der Waals surface area contributed by atoms with Crippen LogP contribution in [0.3, 0.4) is 0 Å². The summed E-state index contributed by atoms with van der Waals surface area (Å²) in [4.78, 5) is 14.8. The molecule has 6 heteroatoms. The molecule has 0 saturated heterocycles. The Balaban J connectivity index is 2.01. The zero-order valence-electron chi connectivity index (χ0n) is 11.1. The number of hydrogen-bond donors (Lipinski definition) is 1. The highest BCUT2D eigenvalue weighted by Gasteiger charge is 2.05. The van der Waals surface area contributed by atoms with Crippen LogP contribution in [0.25, 0.3) is 0 Å².